The number of hydrogen-bond donors (Lipinski definition) is 1. The molecular weight excluding hydrogens is 235 g/mol. The molecule has 0 aromatic rings. The summed E-state index contributed by atoms with van der Waals surface area (Å²) in [5.41, 5.74) is 2.31. The highest BCUT2D eigenvalue weighted by molar-refractivity contribution is 5.85. The number of carbonyl (C=O) groups excluding carboxylic acids is 1. The highest BCUT2D eigenvalue weighted by Gasteiger charge is 2.66. The summed E-state index contributed by atoms with van der Waals surface area (Å²) >= 11 is 0. The van der Waals surface area contributed by atoms with Crippen LogP contribution in [0.3, 0.4) is 0 Å². The lowest BCUT2D eigenvalue weighted by atomic mass is 9.94. The van der Waals surface area contributed by atoms with Crippen molar-refractivity contribution >= 4 is 18.4 Å². The van der Waals surface area contributed by atoms with E-state index >= 15 is 0 Å². The second-order valence-corrected chi connectivity index (χ2v) is 3.36. The zero-order chi connectivity index (χ0) is 11.0. The first kappa shape index (κ1) is 14.5. The Morgan fingerprint density at radius 2 is 1.93 bits per heavy atom. The van der Waals surface area contributed by atoms with E-state index in [2.05, 4.69) is 4.74 Å². The third-order valence-corrected chi connectivity index (χ3v) is 2.30. The van der Waals surface area contributed by atoms with E-state index in [0.29, 0.717) is 12.8 Å². The molecule has 1 aliphatic carbocycles. The molecule has 0 saturated heterocycles. The fraction of sp³-hybridized carbons (Fsp3) is 0.875. The molecule has 15 heavy (non-hydrogen) atoms. The summed E-state index contributed by atoms with van der Waals surface area (Å²) in [5.74, 6) is -2.18. The quantitative estimate of drug-likeness (QED) is 0.772. The van der Waals surface area contributed by atoms with Gasteiger partial charge in [0.15, 0.2) is 0 Å². The fourth-order valence-corrected chi connectivity index (χ4v) is 1.30. The first-order chi connectivity index (χ1) is 6.34. The van der Waals surface area contributed by atoms with Crippen LogP contribution in [0.5, 0.6) is 0 Å². The highest BCUT2D eigenvalue weighted by atomic mass is 35.5. The van der Waals surface area contributed by atoms with E-state index in [0.717, 1.165) is 0 Å². The van der Waals surface area contributed by atoms with Gasteiger partial charge in [-0.05, 0) is 25.7 Å². The first-order valence-electron chi connectivity index (χ1n) is 4.36. The first-order valence-corrected chi connectivity index (χ1v) is 4.36. The molecule has 2 N–H and O–H groups in total. The third kappa shape index (κ3) is 2.55. The molecule has 0 aromatic heterocycles. The average Bonchev–Trinajstić information content (AvgIpc) is 2.83. The molecule has 0 amide bonds. The molecule has 1 rings (SSSR count). The maximum Gasteiger partial charge on any atom is 0.417 e. The lowest BCUT2D eigenvalue weighted by Crippen LogP contribution is -2.62. The van der Waals surface area contributed by atoms with E-state index < -0.39 is 23.6 Å². The van der Waals surface area contributed by atoms with Crippen LogP contribution in [0.25, 0.3) is 0 Å². The van der Waals surface area contributed by atoms with Crippen molar-refractivity contribution in [2.24, 2.45) is 11.7 Å². The minimum absolute atomic E-state index is 0. The van der Waals surface area contributed by atoms with E-state index in [1.807, 2.05) is 0 Å². The Labute approximate surface area is 91.6 Å². The molecule has 0 heterocycles. The SMILES string of the molecule is CCOC(=O)C(N)(C1CC1)C(F)(F)F.Cl. The Hall–Kier alpha value is -0.490. The van der Waals surface area contributed by atoms with Gasteiger partial charge in [0.2, 0.25) is 5.54 Å². The van der Waals surface area contributed by atoms with Crippen molar-refractivity contribution in [3.63, 3.8) is 0 Å². The molecule has 0 spiro atoms. The molecule has 1 aliphatic rings. The predicted molar refractivity (Wildman–Crippen MR) is 49.6 cm³/mol. The Bertz CT molecular complexity index is 243. The Morgan fingerprint density at radius 3 is 2.20 bits per heavy atom. The zero-order valence-electron chi connectivity index (χ0n) is 8.13. The summed E-state index contributed by atoms with van der Waals surface area (Å²) in [6.07, 6.45) is -4.08. The van der Waals surface area contributed by atoms with Gasteiger partial charge in [0.1, 0.15) is 0 Å². The number of esters is 1. The lowest BCUT2D eigenvalue weighted by Gasteiger charge is -2.29. The molecule has 1 unspecified atom stereocenters. The van der Waals surface area contributed by atoms with Crippen molar-refractivity contribution in [1.29, 1.82) is 0 Å². The third-order valence-electron chi connectivity index (χ3n) is 2.30. The molecule has 0 bridgehead atoms. The Morgan fingerprint density at radius 1 is 1.47 bits per heavy atom. The van der Waals surface area contributed by atoms with Crippen LogP contribution in [0.15, 0.2) is 0 Å². The summed E-state index contributed by atoms with van der Waals surface area (Å²) in [6, 6.07) is 0. The minimum atomic E-state index is -4.74. The van der Waals surface area contributed by atoms with Crippen molar-refractivity contribution in [1.82, 2.24) is 0 Å². The number of hydrogen-bond acceptors (Lipinski definition) is 3. The number of rotatable bonds is 3. The predicted octanol–water partition coefficient (Wildman–Crippen LogP) is 1.64. The monoisotopic (exact) mass is 247 g/mol. The fourth-order valence-electron chi connectivity index (χ4n) is 1.30. The molecule has 90 valence electrons. The van der Waals surface area contributed by atoms with Crippen molar-refractivity contribution in [3.8, 4) is 0 Å². The number of nitrogens with two attached hydrogens (primary N) is 1. The molecule has 3 nitrogen and oxygen atoms in total. The molecule has 1 atom stereocenters. The highest BCUT2D eigenvalue weighted by Crippen LogP contribution is 2.47. The van der Waals surface area contributed by atoms with Gasteiger partial charge in [-0.3, -0.25) is 0 Å². The van der Waals surface area contributed by atoms with Crippen molar-refractivity contribution < 1.29 is 22.7 Å². The van der Waals surface area contributed by atoms with Crippen molar-refractivity contribution in [2.75, 3.05) is 6.61 Å². The minimum Gasteiger partial charge on any atom is -0.464 e. The van der Waals surface area contributed by atoms with E-state index in [4.69, 9.17) is 5.73 Å². The lowest BCUT2D eigenvalue weighted by molar-refractivity contribution is -0.210. The number of alkyl halides is 3. The van der Waals surface area contributed by atoms with Crippen LogP contribution >= 0.6 is 12.4 Å². The molecule has 0 radical (unpaired) electrons. The van der Waals surface area contributed by atoms with Gasteiger partial charge in [-0.2, -0.15) is 13.2 Å². The van der Waals surface area contributed by atoms with E-state index in [-0.39, 0.29) is 19.0 Å². The van der Waals surface area contributed by atoms with Crippen LogP contribution in [-0.4, -0.2) is 24.3 Å². The number of ether oxygens (including phenoxy) is 1. The standard InChI is InChI=1S/C8H12F3NO2.ClH/c1-2-14-6(13)7(12,5-3-4-5)8(9,10)11;/h5H,2-4,12H2,1H3;1H. The topological polar surface area (TPSA) is 52.3 Å². The van der Waals surface area contributed by atoms with Crippen LogP contribution in [0.4, 0.5) is 13.2 Å². The van der Waals surface area contributed by atoms with Crippen molar-refractivity contribution in [3.05, 3.63) is 0 Å². The zero-order valence-corrected chi connectivity index (χ0v) is 8.95. The van der Waals surface area contributed by atoms with Gasteiger partial charge < -0.3 is 10.5 Å². The molecular formula is C8H13ClF3NO2. The Balaban J connectivity index is 0.00000196. The van der Waals surface area contributed by atoms with Gasteiger partial charge >= 0.3 is 12.1 Å². The van der Waals surface area contributed by atoms with Gasteiger partial charge in [0, 0.05) is 0 Å². The Kier molecular flexibility index (Phi) is 4.42. The number of halogens is 4. The van der Waals surface area contributed by atoms with Crippen LogP contribution in [0, 0.1) is 5.92 Å². The van der Waals surface area contributed by atoms with E-state index in [1.165, 1.54) is 6.92 Å². The van der Waals surface area contributed by atoms with Gasteiger partial charge in [0.25, 0.3) is 0 Å². The van der Waals surface area contributed by atoms with Crippen molar-refractivity contribution in [2.45, 2.75) is 31.5 Å². The summed E-state index contributed by atoms with van der Waals surface area (Å²) < 4.78 is 42.0. The number of carbonyl (C=O) groups is 1. The van der Waals surface area contributed by atoms with E-state index in [9.17, 15) is 18.0 Å². The second-order valence-electron chi connectivity index (χ2n) is 3.36. The summed E-state index contributed by atoms with van der Waals surface area (Å²) in [5, 5.41) is 0. The normalized spacial score (nSPS) is 20.1. The summed E-state index contributed by atoms with van der Waals surface area (Å²) in [6.45, 7) is 1.35. The van der Waals surface area contributed by atoms with E-state index in [1.54, 1.807) is 0 Å². The maximum atomic E-state index is 12.5. The average molecular weight is 248 g/mol. The van der Waals surface area contributed by atoms with Crippen LogP contribution in [0.1, 0.15) is 19.8 Å². The second kappa shape index (κ2) is 4.57. The van der Waals surface area contributed by atoms with Gasteiger partial charge in [-0.15, -0.1) is 12.4 Å². The largest absolute Gasteiger partial charge is 0.464 e. The van der Waals surface area contributed by atoms with Gasteiger partial charge in [0.05, 0.1) is 6.61 Å². The van der Waals surface area contributed by atoms with Crippen LogP contribution in [-0.2, 0) is 9.53 Å². The molecule has 0 aromatic carbocycles. The molecule has 1 saturated carbocycles. The maximum absolute atomic E-state index is 12.5. The van der Waals surface area contributed by atoms with Crippen LogP contribution < -0.4 is 5.73 Å². The molecule has 0 aliphatic heterocycles. The van der Waals surface area contributed by atoms with Gasteiger partial charge in [-0.1, -0.05) is 0 Å². The smallest absolute Gasteiger partial charge is 0.417 e. The molecule has 1 fully saturated rings. The van der Waals surface area contributed by atoms with Crippen LogP contribution in [0.2, 0.25) is 0 Å². The summed E-state index contributed by atoms with van der Waals surface area (Å²) in [4.78, 5) is 11.1. The van der Waals surface area contributed by atoms with Gasteiger partial charge in [-0.25, -0.2) is 4.79 Å². The molecule has 7 heteroatoms. The summed E-state index contributed by atoms with van der Waals surface area (Å²) in [7, 11) is 0.